The fraction of sp³-hybridized carbons (Fsp3) is 0.182. The number of rotatable bonds is 3. The zero-order valence-electron chi connectivity index (χ0n) is 9.82. The standard InChI is InChI=1S/C11H11ClN4O2/c1-6-3-9(16-18-6)15-11(17)7-4-8(12)10(13-2)14-5-7/h3-5H,1-2H3,(H,13,14)(H,15,16,17). The number of aromatic nitrogens is 2. The summed E-state index contributed by atoms with van der Waals surface area (Å²) >= 11 is 5.94. The first-order valence-electron chi connectivity index (χ1n) is 5.18. The predicted octanol–water partition coefficient (Wildman–Crippen LogP) is 2.33. The minimum atomic E-state index is -0.347. The monoisotopic (exact) mass is 266 g/mol. The summed E-state index contributed by atoms with van der Waals surface area (Å²) in [4.78, 5) is 15.9. The van der Waals surface area contributed by atoms with Crippen molar-refractivity contribution in [3.63, 3.8) is 0 Å². The van der Waals surface area contributed by atoms with Crippen molar-refractivity contribution in [1.29, 1.82) is 0 Å². The van der Waals surface area contributed by atoms with Gasteiger partial charge in [0.2, 0.25) is 0 Å². The Balaban J connectivity index is 2.16. The number of nitrogens with one attached hydrogen (secondary N) is 2. The largest absolute Gasteiger partial charge is 0.372 e. The molecule has 0 aliphatic rings. The minimum absolute atomic E-state index is 0.347. The molecule has 7 heteroatoms. The lowest BCUT2D eigenvalue weighted by Crippen LogP contribution is -2.12. The van der Waals surface area contributed by atoms with Crippen molar-refractivity contribution < 1.29 is 9.32 Å². The first-order valence-corrected chi connectivity index (χ1v) is 5.56. The van der Waals surface area contributed by atoms with Crippen molar-refractivity contribution in [2.45, 2.75) is 6.92 Å². The van der Waals surface area contributed by atoms with Gasteiger partial charge >= 0.3 is 0 Å². The second kappa shape index (κ2) is 5.05. The van der Waals surface area contributed by atoms with Crippen LogP contribution in [0.2, 0.25) is 5.02 Å². The Morgan fingerprint density at radius 3 is 2.78 bits per heavy atom. The molecule has 0 aliphatic heterocycles. The maximum atomic E-state index is 11.9. The van der Waals surface area contributed by atoms with Crippen LogP contribution in [0.1, 0.15) is 16.1 Å². The lowest BCUT2D eigenvalue weighted by molar-refractivity contribution is 0.102. The molecule has 0 atom stereocenters. The number of aryl methyl sites for hydroxylation is 1. The van der Waals surface area contributed by atoms with E-state index in [2.05, 4.69) is 20.8 Å². The molecule has 0 bridgehead atoms. The molecule has 2 aromatic rings. The van der Waals surface area contributed by atoms with Crippen molar-refractivity contribution >= 4 is 29.1 Å². The second-order valence-corrected chi connectivity index (χ2v) is 3.99. The van der Waals surface area contributed by atoms with Gasteiger partial charge in [-0.05, 0) is 13.0 Å². The quantitative estimate of drug-likeness (QED) is 0.891. The molecule has 2 aromatic heterocycles. The first kappa shape index (κ1) is 12.4. The van der Waals surface area contributed by atoms with Crippen LogP contribution in [0, 0.1) is 6.92 Å². The molecule has 0 fully saturated rings. The molecule has 0 spiro atoms. The van der Waals surface area contributed by atoms with Crippen LogP contribution in [0.25, 0.3) is 0 Å². The number of carbonyl (C=O) groups excluding carboxylic acids is 1. The molecule has 2 heterocycles. The van der Waals surface area contributed by atoms with E-state index in [-0.39, 0.29) is 5.91 Å². The maximum absolute atomic E-state index is 11.9. The number of hydrogen-bond acceptors (Lipinski definition) is 5. The van der Waals surface area contributed by atoms with E-state index in [1.54, 1.807) is 20.0 Å². The summed E-state index contributed by atoms with van der Waals surface area (Å²) in [6, 6.07) is 3.15. The minimum Gasteiger partial charge on any atom is -0.372 e. The van der Waals surface area contributed by atoms with E-state index >= 15 is 0 Å². The zero-order chi connectivity index (χ0) is 13.1. The van der Waals surface area contributed by atoms with Crippen LogP contribution in [0.5, 0.6) is 0 Å². The Morgan fingerprint density at radius 2 is 2.22 bits per heavy atom. The second-order valence-electron chi connectivity index (χ2n) is 3.58. The fourth-order valence-electron chi connectivity index (χ4n) is 1.36. The normalized spacial score (nSPS) is 10.2. The van der Waals surface area contributed by atoms with Gasteiger partial charge in [-0.15, -0.1) is 0 Å². The number of nitrogens with zero attached hydrogens (tertiary/aromatic N) is 2. The Bertz CT molecular complexity index is 582. The molecule has 0 unspecified atom stereocenters. The smallest absolute Gasteiger partial charge is 0.258 e. The molecule has 0 radical (unpaired) electrons. The van der Waals surface area contributed by atoms with Gasteiger partial charge in [0.15, 0.2) is 5.82 Å². The summed E-state index contributed by atoms with van der Waals surface area (Å²) in [5.41, 5.74) is 0.347. The maximum Gasteiger partial charge on any atom is 0.258 e. The molecule has 94 valence electrons. The van der Waals surface area contributed by atoms with Crippen LogP contribution in [0.15, 0.2) is 22.9 Å². The van der Waals surface area contributed by atoms with E-state index in [0.29, 0.717) is 28.0 Å². The number of halogens is 1. The third-order valence-corrected chi connectivity index (χ3v) is 2.50. The Morgan fingerprint density at radius 1 is 1.44 bits per heavy atom. The van der Waals surface area contributed by atoms with Crippen molar-refractivity contribution in [2.75, 3.05) is 17.7 Å². The van der Waals surface area contributed by atoms with Crippen molar-refractivity contribution in [3.05, 3.63) is 34.7 Å². The van der Waals surface area contributed by atoms with Crippen LogP contribution >= 0.6 is 11.6 Å². The number of pyridine rings is 1. The molecule has 2 N–H and O–H groups in total. The average Bonchev–Trinajstić information content (AvgIpc) is 2.74. The van der Waals surface area contributed by atoms with Crippen LogP contribution in [0.3, 0.4) is 0 Å². The highest BCUT2D eigenvalue weighted by Crippen LogP contribution is 2.20. The zero-order valence-corrected chi connectivity index (χ0v) is 10.6. The summed E-state index contributed by atoms with van der Waals surface area (Å²) in [7, 11) is 1.70. The number of hydrogen-bond donors (Lipinski definition) is 2. The average molecular weight is 267 g/mol. The van der Waals surface area contributed by atoms with E-state index < -0.39 is 0 Å². The molecule has 1 amide bonds. The number of anilines is 2. The highest BCUT2D eigenvalue weighted by molar-refractivity contribution is 6.33. The summed E-state index contributed by atoms with van der Waals surface area (Å²) in [6.45, 7) is 1.74. The molecule has 0 aromatic carbocycles. The van der Waals surface area contributed by atoms with Crippen LogP contribution in [0.4, 0.5) is 11.6 Å². The Kier molecular flexibility index (Phi) is 3.47. The van der Waals surface area contributed by atoms with E-state index in [4.69, 9.17) is 16.1 Å². The molecule has 6 nitrogen and oxygen atoms in total. The summed E-state index contributed by atoms with van der Waals surface area (Å²) in [5, 5.41) is 9.43. The third kappa shape index (κ3) is 2.60. The molecule has 0 saturated heterocycles. The first-order chi connectivity index (χ1) is 8.60. The highest BCUT2D eigenvalue weighted by Gasteiger charge is 2.11. The SMILES string of the molecule is CNc1ncc(C(=O)Nc2cc(C)on2)cc1Cl. The van der Waals surface area contributed by atoms with Crippen molar-refractivity contribution in [3.8, 4) is 0 Å². The molecular weight excluding hydrogens is 256 g/mol. The number of carbonyl (C=O) groups is 1. The predicted molar refractivity (Wildman–Crippen MR) is 68.0 cm³/mol. The lowest BCUT2D eigenvalue weighted by Gasteiger charge is -2.05. The molecule has 2 rings (SSSR count). The van der Waals surface area contributed by atoms with Gasteiger partial charge in [0.05, 0.1) is 10.6 Å². The van der Waals surface area contributed by atoms with Crippen molar-refractivity contribution in [2.24, 2.45) is 0 Å². The molecule has 18 heavy (non-hydrogen) atoms. The van der Waals surface area contributed by atoms with E-state index in [1.807, 2.05) is 0 Å². The molecular formula is C11H11ClN4O2. The summed E-state index contributed by atoms with van der Waals surface area (Å²) < 4.78 is 4.85. The van der Waals surface area contributed by atoms with Gasteiger partial charge in [0.1, 0.15) is 11.6 Å². The van der Waals surface area contributed by atoms with Crippen LogP contribution < -0.4 is 10.6 Å². The van der Waals surface area contributed by atoms with Gasteiger partial charge in [0, 0.05) is 19.3 Å². The van der Waals surface area contributed by atoms with Gasteiger partial charge in [0.25, 0.3) is 5.91 Å². The topological polar surface area (TPSA) is 80.0 Å². The van der Waals surface area contributed by atoms with Gasteiger partial charge in [-0.1, -0.05) is 16.8 Å². The third-order valence-electron chi connectivity index (χ3n) is 2.21. The van der Waals surface area contributed by atoms with E-state index in [9.17, 15) is 4.79 Å². The summed E-state index contributed by atoms with van der Waals surface area (Å²) in [5.74, 6) is 1.14. The van der Waals surface area contributed by atoms with Gasteiger partial charge in [-0.2, -0.15) is 0 Å². The van der Waals surface area contributed by atoms with Crippen molar-refractivity contribution in [1.82, 2.24) is 10.1 Å². The number of amides is 1. The van der Waals surface area contributed by atoms with E-state index in [0.717, 1.165) is 0 Å². The van der Waals surface area contributed by atoms with Gasteiger partial charge in [-0.25, -0.2) is 4.98 Å². The Hall–Kier alpha value is -2.08. The highest BCUT2D eigenvalue weighted by atomic mass is 35.5. The van der Waals surface area contributed by atoms with Gasteiger partial charge in [-0.3, -0.25) is 4.79 Å². The summed E-state index contributed by atoms with van der Waals surface area (Å²) in [6.07, 6.45) is 1.43. The van der Waals surface area contributed by atoms with Gasteiger partial charge < -0.3 is 15.2 Å². The van der Waals surface area contributed by atoms with Crippen LogP contribution in [-0.2, 0) is 0 Å². The Labute approximate surface area is 108 Å². The fourth-order valence-corrected chi connectivity index (χ4v) is 1.62. The molecule has 0 saturated carbocycles. The van der Waals surface area contributed by atoms with E-state index in [1.165, 1.54) is 12.3 Å². The lowest BCUT2D eigenvalue weighted by atomic mass is 10.2. The van der Waals surface area contributed by atoms with Crippen LogP contribution in [-0.4, -0.2) is 23.1 Å². The molecule has 0 aliphatic carbocycles.